The first-order valence-electron chi connectivity index (χ1n) is 9.89. The number of benzene rings is 1. The smallest absolute Gasteiger partial charge is 0.225 e. The van der Waals surface area contributed by atoms with Gasteiger partial charge in [0.15, 0.2) is 0 Å². The highest BCUT2D eigenvalue weighted by molar-refractivity contribution is 5.90. The van der Waals surface area contributed by atoms with Gasteiger partial charge in [0.25, 0.3) is 0 Å². The Morgan fingerprint density at radius 3 is 2.46 bits per heavy atom. The molecule has 2 rings (SSSR count). The van der Waals surface area contributed by atoms with Gasteiger partial charge in [0.1, 0.15) is 5.82 Å². The van der Waals surface area contributed by atoms with Crippen LogP contribution < -0.4 is 10.6 Å². The van der Waals surface area contributed by atoms with E-state index in [0.29, 0.717) is 18.8 Å². The van der Waals surface area contributed by atoms with Crippen molar-refractivity contribution in [3.05, 3.63) is 41.6 Å². The molecular weight excluding hydrogens is 352 g/mol. The van der Waals surface area contributed by atoms with Crippen LogP contribution in [-0.4, -0.2) is 28.1 Å². The number of hydrogen-bond acceptors (Lipinski definition) is 3. The van der Waals surface area contributed by atoms with Gasteiger partial charge in [0.05, 0.1) is 11.4 Å². The van der Waals surface area contributed by atoms with E-state index < -0.39 is 0 Å². The average molecular weight is 385 g/mol. The minimum atomic E-state index is -0.114. The fourth-order valence-electron chi connectivity index (χ4n) is 2.88. The molecule has 0 spiro atoms. The molecule has 0 saturated carbocycles. The minimum Gasteiger partial charge on any atom is -0.356 e. The number of carbonyl (C=O) groups is 2. The summed E-state index contributed by atoms with van der Waals surface area (Å²) in [4.78, 5) is 23.3. The summed E-state index contributed by atoms with van der Waals surface area (Å²) in [5.41, 5.74) is 2.88. The molecule has 0 radical (unpaired) electrons. The second kappa shape index (κ2) is 9.53. The largest absolute Gasteiger partial charge is 0.356 e. The van der Waals surface area contributed by atoms with Gasteiger partial charge < -0.3 is 10.6 Å². The Kier molecular flexibility index (Phi) is 7.38. The molecule has 0 aliphatic heterocycles. The van der Waals surface area contributed by atoms with Crippen LogP contribution in [0.2, 0.25) is 0 Å². The highest BCUT2D eigenvalue weighted by atomic mass is 16.2. The third kappa shape index (κ3) is 6.22. The topological polar surface area (TPSA) is 76.0 Å². The van der Waals surface area contributed by atoms with Gasteiger partial charge in [0, 0.05) is 31.4 Å². The molecule has 2 amide bonds. The van der Waals surface area contributed by atoms with Crippen molar-refractivity contribution in [3.63, 3.8) is 0 Å². The lowest BCUT2D eigenvalue weighted by Gasteiger charge is -2.14. The second-order valence-electron chi connectivity index (χ2n) is 8.20. The number of aromatic nitrogens is 2. The molecule has 152 valence electrons. The fourth-order valence-corrected chi connectivity index (χ4v) is 2.88. The maximum absolute atomic E-state index is 12.5. The van der Waals surface area contributed by atoms with Gasteiger partial charge in [0.2, 0.25) is 11.8 Å². The molecule has 0 unspecified atom stereocenters. The van der Waals surface area contributed by atoms with Gasteiger partial charge in [-0.05, 0) is 31.4 Å². The van der Waals surface area contributed by atoms with Crippen LogP contribution in [0.3, 0.4) is 0 Å². The Bertz CT molecular complexity index is 818. The van der Waals surface area contributed by atoms with Crippen LogP contribution in [0.5, 0.6) is 0 Å². The quantitative estimate of drug-likeness (QED) is 0.673. The Morgan fingerprint density at radius 2 is 1.82 bits per heavy atom. The highest BCUT2D eigenvalue weighted by Gasteiger charge is 2.21. The predicted molar refractivity (Wildman–Crippen MR) is 113 cm³/mol. The van der Waals surface area contributed by atoms with Crippen LogP contribution in [-0.2, 0) is 15.0 Å². The summed E-state index contributed by atoms with van der Waals surface area (Å²) in [5, 5.41) is 10.6. The van der Waals surface area contributed by atoms with E-state index in [9.17, 15) is 9.59 Å². The maximum atomic E-state index is 12.5. The van der Waals surface area contributed by atoms with Crippen molar-refractivity contribution < 1.29 is 9.59 Å². The zero-order valence-electron chi connectivity index (χ0n) is 17.6. The van der Waals surface area contributed by atoms with Crippen LogP contribution in [0.25, 0.3) is 5.69 Å². The molecule has 0 aliphatic rings. The molecule has 6 nitrogen and oxygen atoms in total. The number of nitrogens with zero attached hydrogens (tertiary/aromatic N) is 2. The molecule has 0 bridgehead atoms. The Labute approximate surface area is 167 Å². The Balaban J connectivity index is 2.05. The summed E-state index contributed by atoms with van der Waals surface area (Å²) in [5.74, 6) is 0.661. The lowest BCUT2D eigenvalue weighted by atomic mass is 9.92. The molecule has 6 heteroatoms. The summed E-state index contributed by atoms with van der Waals surface area (Å²) in [6, 6.07) is 9.97. The average Bonchev–Trinajstić information content (AvgIpc) is 3.02. The number of nitrogens with one attached hydrogen (secondary N) is 2. The van der Waals surface area contributed by atoms with Crippen molar-refractivity contribution in [2.45, 2.75) is 65.7 Å². The first-order chi connectivity index (χ1) is 13.2. The SMILES string of the molecule is CC(=O)NCCCCCC(=O)Nc1cc(C(C)(C)C)nn1-c1ccccc1C. The number of para-hydroxylation sites is 1. The number of aryl methyl sites for hydroxylation is 1. The third-order valence-electron chi connectivity index (χ3n) is 4.54. The number of hydrogen-bond donors (Lipinski definition) is 2. The van der Waals surface area contributed by atoms with Gasteiger partial charge in [-0.3, -0.25) is 9.59 Å². The van der Waals surface area contributed by atoms with Crippen LogP contribution in [0.1, 0.15) is 64.6 Å². The molecule has 0 aliphatic carbocycles. The first kappa shape index (κ1) is 21.7. The van der Waals surface area contributed by atoms with E-state index >= 15 is 0 Å². The standard InChI is InChI=1S/C22H32N4O2/c1-16-11-8-9-12-18(16)26-20(15-19(25-26)22(3,4)5)24-21(28)13-7-6-10-14-23-17(2)27/h8-9,11-12,15H,6-7,10,13-14H2,1-5H3,(H,23,27)(H,24,28). The molecule has 2 aromatic rings. The van der Waals surface area contributed by atoms with Gasteiger partial charge in [-0.2, -0.15) is 5.10 Å². The zero-order valence-corrected chi connectivity index (χ0v) is 17.6. The summed E-state index contributed by atoms with van der Waals surface area (Å²) in [6.45, 7) is 10.5. The predicted octanol–water partition coefficient (Wildman–Crippen LogP) is 4.11. The number of carbonyl (C=O) groups excluding carboxylic acids is 2. The number of rotatable bonds is 8. The van der Waals surface area contributed by atoms with Gasteiger partial charge in [-0.25, -0.2) is 4.68 Å². The summed E-state index contributed by atoms with van der Waals surface area (Å²) in [6.07, 6.45) is 3.01. The molecule has 0 fully saturated rings. The molecule has 0 saturated heterocycles. The van der Waals surface area contributed by atoms with E-state index in [-0.39, 0.29) is 17.2 Å². The molecule has 2 N–H and O–H groups in total. The Hall–Kier alpha value is -2.63. The van der Waals surface area contributed by atoms with E-state index in [1.54, 1.807) is 0 Å². The maximum Gasteiger partial charge on any atom is 0.225 e. The zero-order chi connectivity index (χ0) is 20.7. The molecule has 28 heavy (non-hydrogen) atoms. The Morgan fingerprint density at radius 1 is 1.11 bits per heavy atom. The highest BCUT2D eigenvalue weighted by Crippen LogP contribution is 2.27. The van der Waals surface area contributed by atoms with E-state index in [4.69, 9.17) is 5.10 Å². The lowest BCUT2D eigenvalue weighted by molar-refractivity contribution is -0.119. The van der Waals surface area contributed by atoms with E-state index in [2.05, 4.69) is 31.4 Å². The van der Waals surface area contributed by atoms with Gasteiger partial charge in [-0.15, -0.1) is 0 Å². The van der Waals surface area contributed by atoms with Gasteiger partial charge in [-0.1, -0.05) is 45.4 Å². The number of anilines is 1. The summed E-state index contributed by atoms with van der Waals surface area (Å²) in [7, 11) is 0. The molecular formula is C22H32N4O2. The van der Waals surface area contributed by atoms with Crippen LogP contribution in [0, 0.1) is 6.92 Å². The molecule has 1 aromatic heterocycles. The van der Waals surface area contributed by atoms with Crippen LogP contribution in [0.4, 0.5) is 5.82 Å². The first-order valence-corrected chi connectivity index (χ1v) is 9.89. The van der Waals surface area contributed by atoms with E-state index in [0.717, 1.165) is 36.2 Å². The monoisotopic (exact) mass is 384 g/mol. The van der Waals surface area contributed by atoms with Crippen molar-refractivity contribution >= 4 is 17.6 Å². The van der Waals surface area contributed by atoms with E-state index in [1.165, 1.54) is 6.92 Å². The van der Waals surface area contributed by atoms with Crippen LogP contribution >= 0.6 is 0 Å². The minimum absolute atomic E-state index is 0.0168. The summed E-state index contributed by atoms with van der Waals surface area (Å²) >= 11 is 0. The van der Waals surface area contributed by atoms with Crippen molar-refractivity contribution in [1.29, 1.82) is 0 Å². The second-order valence-corrected chi connectivity index (χ2v) is 8.20. The number of unbranched alkanes of at least 4 members (excludes halogenated alkanes) is 2. The normalized spacial score (nSPS) is 11.3. The van der Waals surface area contributed by atoms with Crippen molar-refractivity contribution in [2.75, 3.05) is 11.9 Å². The van der Waals surface area contributed by atoms with Gasteiger partial charge >= 0.3 is 0 Å². The van der Waals surface area contributed by atoms with Crippen molar-refractivity contribution in [1.82, 2.24) is 15.1 Å². The number of amides is 2. The lowest BCUT2D eigenvalue weighted by Crippen LogP contribution is -2.20. The summed E-state index contributed by atoms with van der Waals surface area (Å²) < 4.78 is 1.82. The molecule has 0 atom stereocenters. The van der Waals surface area contributed by atoms with Crippen molar-refractivity contribution in [2.24, 2.45) is 0 Å². The third-order valence-corrected chi connectivity index (χ3v) is 4.54. The van der Waals surface area contributed by atoms with Crippen LogP contribution in [0.15, 0.2) is 30.3 Å². The van der Waals surface area contributed by atoms with Crippen molar-refractivity contribution in [3.8, 4) is 5.69 Å². The molecule has 1 heterocycles. The fraction of sp³-hybridized carbons (Fsp3) is 0.500. The molecule has 1 aromatic carbocycles. The van der Waals surface area contributed by atoms with E-state index in [1.807, 2.05) is 41.9 Å².